The Hall–Kier alpha value is -3.02. The van der Waals surface area contributed by atoms with E-state index in [0.29, 0.717) is 17.9 Å². The molecule has 6 heteroatoms. The van der Waals surface area contributed by atoms with Gasteiger partial charge in [0.15, 0.2) is 0 Å². The van der Waals surface area contributed by atoms with Crippen molar-refractivity contribution in [2.45, 2.75) is 6.54 Å². The normalized spacial score (nSPS) is 10.3. The molecule has 0 spiro atoms. The Morgan fingerprint density at radius 1 is 1.10 bits per heavy atom. The third kappa shape index (κ3) is 3.11. The zero-order valence-electron chi connectivity index (χ0n) is 11.2. The van der Waals surface area contributed by atoms with Gasteiger partial charge in [0.2, 0.25) is 0 Å². The Kier molecular flexibility index (Phi) is 3.68. The molecular formula is C15H13N5O. The summed E-state index contributed by atoms with van der Waals surface area (Å²) in [4.78, 5) is 16.3. The van der Waals surface area contributed by atoms with Crippen LogP contribution in [-0.4, -0.2) is 25.7 Å². The molecule has 0 aliphatic heterocycles. The Bertz CT molecular complexity index is 725. The molecule has 0 atom stereocenters. The molecule has 2 aromatic heterocycles. The molecule has 0 saturated heterocycles. The molecule has 3 aromatic rings. The van der Waals surface area contributed by atoms with Crippen LogP contribution in [0.5, 0.6) is 0 Å². The first-order chi connectivity index (χ1) is 10.3. The first-order valence-electron chi connectivity index (χ1n) is 6.46. The van der Waals surface area contributed by atoms with Crippen molar-refractivity contribution in [3.05, 3.63) is 72.4 Å². The molecule has 0 unspecified atom stereocenters. The lowest BCUT2D eigenvalue weighted by Gasteiger charge is -2.06. The third-order valence-corrected chi connectivity index (χ3v) is 2.99. The molecule has 0 bridgehead atoms. The van der Waals surface area contributed by atoms with Crippen molar-refractivity contribution in [3.63, 3.8) is 0 Å². The summed E-state index contributed by atoms with van der Waals surface area (Å²) in [5, 5.41) is 10.3. The van der Waals surface area contributed by atoms with Crippen LogP contribution in [0.2, 0.25) is 0 Å². The van der Waals surface area contributed by atoms with Gasteiger partial charge in [0.05, 0.1) is 0 Å². The van der Waals surface area contributed by atoms with E-state index in [9.17, 15) is 4.79 Å². The van der Waals surface area contributed by atoms with Crippen LogP contribution in [0.1, 0.15) is 15.9 Å². The van der Waals surface area contributed by atoms with Crippen LogP contribution in [0.15, 0.2) is 61.3 Å². The fraction of sp³-hybridized carbons (Fsp3) is 0.0667. The summed E-state index contributed by atoms with van der Waals surface area (Å²) in [5.41, 5.74) is 1.60. The summed E-state index contributed by atoms with van der Waals surface area (Å²) in [6.45, 7) is 0.490. The van der Waals surface area contributed by atoms with Gasteiger partial charge in [-0.1, -0.05) is 30.3 Å². The first kappa shape index (κ1) is 13.0. The maximum Gasteiger partial charge on any atom is 0.251 e. The lowest BCUT2D eigenvalue weighted by molar-refractivity contribution is 0.0951. The van der Waals surface area contributed by atoms with Crippen molar-refractivity contribution in [1.82, 2.24) is 25.1 Å². The van der Waals surface area contributed by atoms with Gasteiger partial charge in [-0.2, -0.15) is 0 Å². The Balaban J connectivity index is 1.72. The van der Waals surface area contributed by atoms with Crippen molar-refractivity contribution in [1.29, 1.82) is 0 Å². The van der Waals surface area contributed by atoms with E-state index in [1.54, 1.807) is 22.9 Å². The minimum atomic E-state index is -0.143. The SMILES string of the molecule is O=C(NCc1ccccc1)c1ccnc(-n2cnnc2)c1. The van der Waals surface area contributed by atoms with Crippen LogP contribution >= 0.6 is 0 Å². The summed E-state index contributed by atoms with van der Waals surface area (Å²) >= 11 is 0. The van der Waals surface area contributed by atoms with Gasteiger partial charge in [-0.05, 0) is 17.7 Å². The largest absolute Gasteiger partial charge is 0.348 e. The van der Waals surface area contributed by atoms with Crippen molar-refractivity contribution >= 4 is 5.91 Å². The number of pyridine rings is 1. The molecular weight excluding hydrogens is 266 g/mol. The zero-order chi connectivity index (χ0) is 14.5. The third-order valence-electron chi connectivity index (χ3n) is 2.99. The fourth-order valence-electron chi connectivity index (χ4n) is 1.90. The summed E-state index contributed by atoms with van der Waals surface area (Å²) < 4.78 is 1.65. The molecule has 6 nitrogen and oxygen atoms in total. The smallest absolute Gasteiger partial charge is 0.251 e. The van der Waals surface area contributed by atoms with E-state index in [4.69, 9.17) is 0 Å². The number of rotatable bonds is 4. The lowest BCUT2D eigenvalue weighted by Crippen LogP contribution is -2.23. The van der Waals surface area contributed by atoms with Crippen molar-refractivity contribution in [3.8, 4) is 5.82 Å². The summed E-state index contributed by atoms with van der Waals surface area (Å²) in [6.07, 6.45) is 4.66. The predicted octanol–water partition coefficient (Wildman–Crippen LogP) is 1.59. The second-order valence-corrected chi connectivity index (χ2v) is 4.44. The highest BCUT2D eigenvalue weighted by Gasteiger charge is 2.07. The standard InChI is InChI=1S/C15H13N5O/c21-15(17-9-12-4-2-1-3-5-12)13-6-7-16-14(8-13)20-10-18-19-11-20/h1-8,10-11H,9H2,(H,17,21). The highest BCUT2D eigenvalue weighted by atomic mass is 16.1. The second kappa shape index (κ2) is 5.96. The quantitative estimate of drug-likeness (QED) is 0.787. The van der Waals surface area contributed by atoms with E-state index in [2.05, 4.69) is 20.5 Å². The topological polar surface area (TPSA) is 72.7 Å². The number of nitrogens with zero attached hydrogens (tertiary/aromatic N) is 4. The molecule has 1 N–H and O–H groups in total. The number of aromatic nitrogens is 4. The molecule has 0 aliphatic carbocycles. The van der Waals surface area contributed by atoms with Crippen LogP contribution in [-0.2, 0) is 6.54 Å². The van der Waals surface area contributed by atoms with Gasteiger partial charge in [0, 0.05) is 18.3 Å². The molecule has 21 heavy (non-hydrogen) atoms. The number of carbonyl (C=O) groups excluding carboxylic acids is 1. The predicted molar refractivity (Wildman–Crippen MR) is 76.8 cm³/mol. The highest BCUT2D eigenvalue weighted by Crippen LogP contribution is 2.07. The van der Waals surface area contributed by atoms with Crippen LogP contribution in [0.4, 0.5) is 0 Å². The molecule has 0 fully saturated rings. The molecule has 2 heterocycles. The van der Waals surface area contributed by atoms with E-state index in [1.807, 2.05) is 30.3 Å². The molecule has 1 aromatic carbocycles. The minimum Gasteiger partial charge on any atom is -0.348 e. The lowest BCUT2D eigenvalue weighted by atomic mass is 10.2. The Morgan fingerprint density at radius 3 is 2.62 bits per heavy atom. The van der Waals surface area contributed by atoms with Gasteiger partial charge >= 0.3 is 0 Å². The molecule has 0 aliphatic rings. The van der Waals surface area contributed by atoms with Crippen LogP contribution < -0.4 is 5.32 Å². The van der Waals surface area contributed by atoms with Gasteiger partial charge in [0.1, 0.15) is 18.5 Å². The van der Waals surface area contributed by atoms with E-state index >= 15 is 0 Å². The van der Waals surface area contributed by atoms with E-state index in [1.165, 1.54) is 12.7 Å². The van der Waals surface area contributed by atoms with Crippen LogP contribution in [0.25, 0.3) is 5.82 Å². The zero-order valence-corrected chi connectivity index (χ0v) is 11.2. The molecule has 0 saturated carbocycles. The van der Waals surface area contributed by atoms with E-state index < -0.39 is 0 Å². The maximum atomic E-state index is 12.2. The van der Waals surface area contributed by atoms with Gasteiger partial charge in [0.25, 0.3) is 5.91 Å². The van der Waals surface area contributed by atoms with E-state index in [-0.39, 0.29) is 5.91 Å². The maximum absolute atomic E-state index is 12.2. The number of hydrogen-bond donors (Lipinski definition) is 1. The van der Waals surface area contributed by atoms with Gasteiger partial charge in [-0.15, -0.1) is 10.2 Å². The van der Waals surface area contributed by atoms with Crippen molar-refractivity contribution in [2.75, 3.05) is 0 Å². The van der Waals surface area contributed by atoms with Gasteiger partial charge in [-0.3, -0.25) is 9.36 Å². The molecule has 1 amide bonds. The van der Waals surface area contributed by atoms with Crippen LogP contribution in [0.3, 0.4) is 0 Å². The second-order valence-electron chi connectivity index (χ2n) is 4.44. The van der Waals surface area contributed by atoms with Crippen LogP contribution in [0, 0.1) is 0 Å². The number of hydrogen-bond acceptors (Lipinski definition) is 4. The monoisotopic (exact) mass is 279 g/mol. The molecule has 104 valence electrons. The van der Waals surface area contributed by atoms with Crippen molar-refractivity contribution < 1.29 is 4.79 Å². The molecule has 0 radical (unpaired) electrons. The fourth-order valence-corrected chi connectivity index (χ4v) is 1.90. The average Bonchev–Trinajstić information content (AvgIpc) is 3.08. The average molecular weight is 279 g/mol. The number of benzene rings is 1. The van der Waals surface area contributed by atoms with Gasteiger partial charge in [-0.25, -0.2) is 4.98 Å². The number of amides is 1. The minimum absolute atomic E-state index is 0.143. The first-order valence-corrected chi connectivity index (χ1v) is 6.46. The van der Waals surface area contributed by atoms with Gasteiger partial charge < -0.3 is 5.32 Å². The number of nitrogens with one attached hydrogen (secondary N) is 1. The van der Waals surface area contributed by atoms with Crippen molar-refractivity contribution in [2.24, 2.45) is 0 Å². The summed E-state index contributed by atoms with van der Waals surface area (Å²) in [5.74, 6) is 0.461. The Labute approximate surface area is 121 Å². The van der Waals surface area contributed by atoms with E-state index in [0.717, 1.165) is 5.56 Å². The Morgan fingerprint density at radius 2 is 1.86 bits per heavy atom. The summed E-state index contributed by atoms with van der Waals surface area (Å²) in [7, 11) is 0. The number of carbonyl (C=O) groups is 1. The highest BCUT2D eigenvalue weighted by molar-refractivity contribution is 5.94. The molecule has 3 rings (SSSR count). The summed E-state index contributed by atoms with van der Waals surface area (Å²) in [6, 6.07) is 13.1.